The number of rotatable bonds is 1. The summed E-state index contributed by atoms with van der Waals surface area (Å²) in [7, 11) is 0. The van der Waals surface area contributed by atoms with Gasteiger partial charge < -0.3 is 15.3 Å². The molecule has 1 aliphatic carbocycles. The summed E-state index contributed by atoms with van der Waals surface area (Å²) in [6, 6.07) is 1.78. The van der Waals surface area contributed by atoms with E-state index in [4.69, 9.17) is 21.8 Å². The maximum absolute atomic E-state index is 9.22. The molecule has 1 aliphatic rings. The summed E-state index contributed by atoms with van der Waals surface area (Å²) in [4.78, 5) is 0. The topological polar surface area (TPSA) is 59.4 Å². The van der Waals surface area contributed by atoms with Crippen molar-refractivity contribution in [3.63, 3.8) is 0 Å². The molecule has 3 N–H and O–H groups in total. The maximum atomic E-state index is 9.22. The molecule has 0 saturated carbocycles. The van der Waals surface area contributed by atoms with Crippen LogP contribution in [0.15, 0.2) is 10.5 Å². The lowest BCUT2D eigenvalue weighted by Crippen LogP contribution is -2.43. The number of hydrogen-bond donors (Lipinski definition) is 2. The highest BCUT2D eigenvalue weighted by molar-refractivity contribution is 6.29. The van der Waals surface area contributed by atoms with E-state index < -0.39 is 5.54 Å². The first kappa shape index (κ1) is 9.06. The Labute approximate surface area is 81.5 Å². The Morgan fingerprint density at radius 2 is 2.54 bits per heavy atom. The fraction of sp³-hybridized carbons (Fsp3) is 0.556. The van der Waals surface area contributed by atoms with E-state index in [1.807, 2.05) is 6.92 Å². The molecular formula is C9H12ClNO2. The van der Waals surface area contributed by atoms with Crippen molar-refractivity contribution in [2.75, 3.05) is 6.61 Å². The zero-order valence-electron chi connectivity index (χ0n) is 7.38. The summed E-state index contributed by atoms with van der Waals surface area (Å²) >= 11 is 5.71. The molecule has 0 spiro atoms. The van der Waals surface area contributed by atoms with Crippen LogP contribution in [0.1, 0.15) is 18.2 Å². The Morgan fingerprint density at radius 1 is 1.85 bits per heavy atom. The van der Waals surface area contributed by atoms with E-state index in [2.05, 4.69) is 0 Å². The fourth-order valence-electron chi connectivity index (χ4n) is 1.90. The quantitative estimate of drug-likeness (QED) is 0.720. The summed E-state index contributed by atoms with van der Waals surface area (Å²) in [5.41, 5.74) is 6.30. The molecule has 0 radical (unpaired) electrons. The number of furan rings is 1. The van der Waals surface area contributed by atoms with Gasteiger partial charge in [-0.05, 0) is 35.6 Å². The second kappa shape index (κ2) is 2.74. The molecule has 1 aromatic rings. The number of fused-ring (bicyclic) bond motifs is 1. The van der Waals surface area contributed by atoms with Crippen molar-refractivity contribution in [2.45, 2.75) is 18.9 Å². The van der Waals surface area contributed by atoms with Gasteiger partial charge in [-0.3, -0.25) is 0 Å². The Kier molecular flexibility index (Phi) is 1.91. The molecule has 4 heteroatoms. The van der Waals surface area contributed by atoms with Crippen molar-refractivity contribution in [1.29, 1.82) is 0 Å². The van der Waals surface area contributed by atoms with Gasteiger partial charge in [0.05, 0.1) is 6.61 Å². The van der Waals surface area contributed by atoms with Gasteiger partial charge in [-0.15, -0.1) is 0 Å². The van der Waals surface area contributed by atoms with Gasteiger partial charge in [0.15, 0.2) is 5.22 Å². The molecule has 13 heavy (non-hydrogen) atoms. The Morgan fingerprint density at radius 3 is 3.15 bits per heavy atom. The van der Waals surface area contributed by atoms with Crippen molar-refractivity contribution in [1.82, 2.24) is 0 Å². The van der Waals surface area contributed by atoms with Gasteiger partial charge in [-0.2, -0.15) is 0 Å². The number of aliphatic hydroxyl groups is 1. The highest BCUT2D eigenvalue weighted by atomic mass is 35.5. The molecular weight excluding hydrogens is 190 g/mol. The second-order valence-corrected chi connectivity index (χ2v) is 4.08. The number of nitrogens with two attached hydrogens (primary N) is 1. The van der Waals surface area contributed by atoms with Crippen LogP contribution in [-0.2, 0) is 12.0 Å². The van der Waals surface area contributed by atoms with Crippen LogP contribution in [0.4, 0.5) is 0 Å². The molecule has 2 atom stereocenters. The molecule has 3 nitrogen and oxygen atoms in total. The smallest absolute Gasteiger partial charge is 0.193 e. The lowest BCUT2D eigenvalue weighted by atomic mass is 9.90. The van der Waals surface area contributed by atoms with Gasteiger partial charge in [-0.25, -0.2) is 0 Å². The molecule has 0 amide bonds. The third-order valence-electron chi connectivity index (χ3n) is 2.87. The van der Waals surface area contributed by atoms with Crippen molar-refractivity contribution < 1.29 is 9.52 Å². The Bertz CT molecular complexity index is 336. The van der Waals surface area contributed by atoms with Gasteiger partial charge in [0.1, 0.15) is 11.3 Å². The molecule has 1 heterocycles. The fourth-order valence-corrected chi connectivity index (χ4v) is 2.11. The lowest BCUT2D eigenvalue weighted by Gasteiger charge is -2.25. The van der Waals surface area contributed by atoms with Gasteiger partial charge in [-0.1, -0.05) is 6.92 Å². The average molecular weight is 202 g/mol. The van der Waals surface area contributed by atoms with E-state index in [0.717, 1.165) is 12.0 Å². The number of aliphatic hydroxyl groups excluding tert-OH is 1. The van der Waals surface area contributed by atoms with Crippen LogP contribution >= 0.6 is 11.6 Å². The molecule has 0 bridgehead atoms. The van der Waals surface area contributed by atoms with Crippen LogP contribution in [0.5, 0.6) is 0 Å². The normalized spacial score (nSPS) is 32.2. The highest BCUT2D eigenvalue weighted by Crippen LogP contribution is 2.41. The van der Waals surface area contributed by atoms with Crippen LogP contribution in [0, 0.1) is 5.92 Å². The molecule has 2 rings (SSSR count). The Hall–Kier alpha value is -0.510. The first-order valence-corrected chi connectivity index (χ1v) is 4.64. The molecule has 0 fully saturated rings. The SMILES string of the molecule is CC1Cc2cc(Cl)oc2C1(N)CO. The minimum Gasteiger partial charge on any atom is -0.447 e. The van der Waals surface area contributed by atoms with Crippen LogP contribution in [0.3, 0.4) is 0 Å². The van der Waals surface area contributed by atoms with E-state index in [9.17, 15) is 5.11 Å². The molecule has 0 saturated heterocycles. The highest BCUT2D eigenvalue weighted by Gasteiger charge is 2.44. The largest absolute Gasteiger partial charge is 0.447 e. The first-order valence-electron chi connectivity index (χ1n) is 4.26. The number of hydrogen-bond acceptors (Lipinski definition) is 3. The van der Waals surface area contributed by atoms with Crippen LogP contribution < -0.4 is 5.73 Å². The minimum absolute atomic E-state index is 0.106. The van der Waals surface area contributed by atoms with Crippen molar-refractivity contribution >= 4 is 11.6 Å². The zero-order chi connectivity index (χ0) is 9.64. The molecule has 2 unspecified atom stereocenters. The van der Waals surface area contributed by atoms with Crippen LogP contribution in [-0.4, -0.2) is 11.7 Å². The van der Waals surface area contributed by atoms with Crippen LogP contribution in [0.25, 0.3) is 0 Å². The first-order chi connectivity index (χ1) is 6.08. The Balaban J connectivity index is 2.50. The van der Waals surface area contributed by atoms with Crippen molar-refractivity contribution in [3.8, 4) is 0 Å². The maximum Gasteiger partial charge on any atom is 0.193 e. The average Bonchev–Trinajstić information content (AvgIpc) is 2.53. The third kappa shape index (κ3) is 1.11. The monoisotopic (exact) mass is 201 g/mol. The molecule has 0 aromatic carbocycles. The van der Waals surface area contributed by atoms with Crippen LogP contribution in [0.2, 0.25) is 5.22 Å². The predicted molar refractivity (Wildman–Crippen MR) is 49.5 cm³/mol. The lowest BCUT2D eigenvalue weighted by molar-refractivity contribution is 0.140. The van der Waals surface area contributed by atoms with E-state index >= 15 is 0 Å². The summed E-state index contributed by atoms with van der Waals surface area (Å²) < 4.78 is 5.28. The molecule has 0 aliphatic heterocycles. The second-order valence-electron chi connectivity index (χ2n) is 3.71. The van der Waals surface area contributed by atoms with Crippen molar-refractivity contribution in [2.24, 2.45) is 11.7 Å². The van der Waals surface area contributed by atoms with Gasteiger partial charge in [0, 0.05) is 0 Å². The summed E-state index contributed by atoms with van der Waals surface area (Å²) in [5, 5.41) is 9.57. The van der Waals surface area contributed by atoms with E-state index in [1.165, 1.54) is 0 Å². The predicted octanol–water partition coefficient (Wildman–Crippen LogP) is 1.27. The molecule has 1 aromatic heterocycles. The van der Waals surface area contributed by atoms with Gasteiger partial charge in [0.2, 0.25) is 0 Å². The number of halogens is 1. The van der Waals surface area contributed by atoms with Crippen molar-refractivity contribution in [3.05, 3.63) is 22.6 Å². The summed E-state index contributed by atoms with van der Waals surface area (Å²) in [6.07, 6.45) is 0.822. The zero-order valence-corrected chi connectivity index (χ0v) is 8.14. The van der Waals surface area contributed by atoms with Gasteiger partial charge >= 0.3 is 0 Å². The minimum atomic E-state index is -0.748. The summed E-state index contributed by atoms with van der Waals surface area (Å²) in [5.74, 6) is 0.844. The van der Waals surface area contributed by atoms with E-state index in [0.29, 0.717) is 11.0 Å². The molecule has 72 valence electrons. The van der Waals surface area contributed by atoms with E-state index in [1.54, 1.807) is 6.07 Å². The third-order valence-corrected chi connectivity index (χ3v) is 3.06. The summed E-state index contributed by atoms with van der Waals surface area (Å²) in [6.45, 7) is 1.89. The van der Waals surface area contributed by atoms with Gasteiger partial charge in [0.25, 0.3) is 0 Å². The van der Waals surface area contributed by atoms with E-state index in [-0.39, 0.29) is 12.5 Å². The standard InChI is InChI=1S/C9H12ClNO2/c1-5-2-6-3-7(10)13-8(6)9(5,11)4-12/h3,5,12H,2,4,11H2,1H3.